The van der Waals surface area contributed by atoms with E-state index in [1.54, 1.807) is 36.1 Å². The smallest absolute Gasteiger partial charge is 0.338 e. The molecule has 0 aliphatic carbocycles. The second-order valence-corrected chi connectivity index (χ2v) is 7.86. The third-order valence-corrected chi connectivity index (χ3v) is 5.33. The largest absolute Gasteiger partial charge is 0.491 e. The van der Waals surface area contributed by atoms with Crippen molar-refractivity contribution in [1.29, 1.82) is 0 Å². The summed E-state index contributed by atoms with van der Waals surface area (Å²) in [6, 6.07) is 10.5. The van der Waals surface area contributed by atoms with Crippen molar-refractivity contribution in [2.75, 3.05) is 45.9 Å². The molecule has 1 unspecified atom stereocenters. The Hall–Kier alpha value is -2.68. The van der Waals surface area contributed by atoms with E-state index in [1.165, 1.54) is 12.1 Å². The van der Waals surface area contributed by atoms with Crippen molar-refractivity contribution < 1.29 is 28.6 Å². The maximum Gasteiger partial charge on any atom is 0.338 e. The summed E-state index contributed by atoms with van der Waals surface area (Å²) in [5.74, 6) is -0.852. The number of carbonyl (C=O) groups excluding carboxylic acids is 2. The van der Waals surface area contributed by atoms with Crippen molar-refractivity contribution in [2.24, 2.45) is 0 Å². The summed E-state index contributed by atoms with van der Waals surface area (Å²) < 4.78 is 24.5. The number of β-amino-alcohol motifs (C(OH)–C–C–N with tert-alkyl or cyclic N) is 1. The Morgan fingerprint density at radius 3 is 2.44 bits per heavy atom. The Morgan fingerprint density at radius 1 is 1.12 bits per heavy atom. The number of ether oxygens (including phenoxy) is 2. The van der Waals surface area contributed by atoms with E-state index in [2.05, 4.69) is 0 Å². The van der Waals surface area contributed by atoms with Gasteiger partial charge in [-0.25, -0.2) is 9.18 Å². The summed E-state index contributed by atoms with van der Waals surface area (Å²) in [6.07, 6.45) is -0.726. The van der Waals surface area contributed by atoms with Gasteiger partial charge in [0.05, 0.1) is 17.7 Å². The number of piperazine rings is 1. The normalized spacial score (nSPS) is 15.3. The number of nitrogens with zero attached hydrogens (tertiary/aromatic N) is 2. The van der Waals surface area contributed by atoms with Crippen molar-refractivity contribution in [1.82, 2.24) is 9.80 Å². The predicted molar refractivity (Wildman–Crippen MR) is 118 cm³/mol. The van der Waals surface area contributed by atoms with E-state index >= 15 is 0 Å². The van der Waals surface area contributed by atoms with Crippen LogP contribution in [0.5, 0.6) is 5.75 Å². The predicted octanol–water partition coefficient (Wildman–Crippen LogP) is 2.85. The lowest BCUT2D eigenvalue weighted by Gasteiger charge is -2.35. The average molecular weight is 465 g/mol. The van der Waals surface area contributed by atoms with Crippen molar-refractivity contribution >= 4 is 23.5 Å². The molecule has 0 saturated carbocycles. The van der Waals surface area contributed by atoms with Crippen LogP contribution < -0.4 is 4.74 Å². The SMILES string of the molecule is CCOC(=O)c1ccc(OCC(O)CN2CCN(C(=O)c3ccc(Cl)cc3F)CC2)cc1. The maximum atomic E-state index is 14.0. The highest BCUT2D eigenvalue weighted by atomic mass is 35.5. The number of aliphatic hydroxyl groups is 1. The zero-order valence-corrected chi connectivity index (χ0v) is 18.6. The lowest BCUT2D eigenvalue weighted by molar-refractivity contribution is 0.0400. The van der Waals surface area contributed by atoms with Gasteiger partial charge in [0.2, 0.25) is 0 Å². The van der Waals surface area contributed by atoms with Gasteiger partial charge in [-0.15, -0.1) is 0 Å². The fourth-order valence-corrected chi connectivity index (χ4v) is 3.57. The highest BCUT2D eigenvalue weighted by Crippen LogP contribution is 2.18. The molecule has 32 heavy (non-hydrogen) atoms. The van der Waals surface area contributed by atoms with Crippen LogP contribution in [-0.4, -0.2) is 78.8 Å². The van der Waals surface area contributed by atoms with E-state index in [9.17, 15) is 19.1 Å². The molecule has 1 heterocycles. The summed E-state index contributed by atoms with van der Waals surface area (Å²) >= 11 is 5.75. The topological polar surface area (TPSA) is 79.3 Å². The number of halogens is 2. The maximum absolute atomic E-state index is 14.0. The molecular weight excluding hydrogens is 439 g/mol. The molecule has 1 aliphatic heterocycles. The Labute approximate surface area is 191 Å². The van der Waals surface area contributed by atoms with E-state index in [0.717, 1.165) is 6.07 Å². The third-order valence-electron chi connectivity index (χ3n) is 5.10. The molecule has 0 radical (unpaired) electrons. The van der Waals surface area contributed by atoms with Crippen LogP contribution in [0.3, 0.4) is 0 Å². The molecule has 0 spiro atoms. The highest BCUT2D eigenvalue weighted by Gasteiger charge is 2.25. The van der Waals surface area contributed by atoms with Crippen LogP contribution in [0.2, 0.25) is 5.02 Å². The van der Waals surface area contributed by atoms with Crippen molar-refractivity contribution in [3.8, 4) is 5.75 Å². The van der Waals surface area contributed by atoms with Gasteiger partial charge in [-0.3, -0.25) is 9.69 Å². The lowest BCUT2D eigenvalue weighted by atomic mass is 10.1. The first-order valence-electron chi connectivity index (χ1n) is 10.4. The number of rotatable bonds is 8. The molecule has 0 bridgehead atoms. The van der Waals surface area contributed by atoms with Crippen LogP contribution in [-0.2, 0) is 4.74 Å². The Bertz CT molecular complexity index is 932. The van der Waals surface area contributed by atoms with Crippen molar-refractivity contribution in [3.05, 3.63) is 64.4 Å². The molecule has 1 fully saturated rings. The van der Waals surface area contributed by atoms with Gasteiger partial charge in [-0.1, -0.05) is 11.6 Å². The van der Waals surface area contributed by atoms with Crippen molar-refractivity contribution in [2.45, 2.75) is 13.0 Å². The number of esters is 1. The molecule has 3 rings (SSSR count). The van der Waals surface area contributed by atoms with E-state index in [-0.39, 0.29) is 23.1 Å². The van der Waals surface area contributed by atoms with Crippen LogP contribution in [0.15, 0.2) is 42.5 Å². The Kier molecular flexibility index (Phi) is 8.44. The van der Waals surface area contributed by atoms with Crippen molar-refractivity contribution in [3.63, 3.8) is 0 Å². The summed E-state index contributed by atoms with van der Waals surface area (Å²) in [6.45, 7) is 4.52. The minimum absolute atomic E-state index is 0.00487. The number of aliphatic hydroxyl groups excluding tert-OH is 1. The monoisotopic (exact) mass is 464 g/mol. The fourth-order valence-electron chi connectivity index (χ4n) is 3.41. The first-order valence-corrected chi connectivity index (χ1v) is 10.8. The average Bonchev–Trinajstić information content (AvgIpc) is 2.78. The number of benzene rings is 2. The first-order chi connectivity index (χ1) is 15.4. The summed E-state index contributed by atoms with van der Waals surface area (Å²) in [4.78, 5) is 27.8. The van der Waals surface area contributed by atoms with Crippen LogP contribution in [0.25, 0.3) is 0 Å². The molecule has 1 atom stereocenters. The zero-order chi connectivity index (χ0) is 23.1. The van der Waals surface area contributed by atoms with Crippen LogP contribution in [0, 0.1) is 5.82 Å². The van der Waals surface area contributed by atoms with Gasteiger partial charge in [0, 0.05) is 37.7 Å². The number of hydrogen-bond donors (Lipinski definition) is 1. The lowest BCUT2D eigenvalue weighted by Crippen LogP contribution is -2.51. The standard InChI is InChI=1S/C23H26ClFN2O5/c1-2-31-23(30)16-3-6-19(7-4-16)32-15-18(28)14-26-9-11-27(12-10-26)22(29)20-8-5-17(24)13-21(20)25/h3-8,13,18,28H,2,9-12,14-15H2,1H3. The molecular formula is C23H26ClFN2O5. The minimum Gasteiger partial charge on any atom is -0.491 e. The van der Waals surface area contributed by atoms with E-state index < -0.39 is 17.9 Å². The van der Waals surface area contributed by atoms with Gasteiger partial charge in [0.25, 0.3) is 5.91 Å². The molecule has 172 valence electrons. The van der Waals surface area contributed by atoms with Gasteiger partial charge in [-0.05, 0) is 49.4 Å². The van der Waals surface area contributed by atoms with Crippen LogP contribution in [0.4, 0.5) is 4.39 Å². The number of amides is 1. The zero-order valence-electron chi connectivity index (χ0n) is 17.8. The second-order valence-electron chi connectivity index (χ2n) is 7.43. The molecule has 7 nitrogen and oxygen atoms in total. The fraction of sp³-hybridized carbons (Fsp3) is 0.391. The molecule has 9 heteroatoms. The minimum atomic E-state index is -0.726. The second kappa shape index (κ2) is 11.3. The van der Waals surface area contributed by atoms with Crippen LogP contribution >= 0.6 is 11.6 Å². The number of hydrogen-bond acceptors (Lipinski definition) is 6. The number of carbonyl (C=O) groups is 2. The Morgan fingerprint density at radius 2 is 1.81 bits per heavy atom. The van der Waals surface area contributed by atoms with E-state index in [4.69, 9.17) is 21.1 Å². The molecule has 0 aromatic heterocycles. The summed E-state index contributed by atoms with van der Waals surface area (Å²) in [5, 5.41) is 10.6. The van der Waals surface area contributed by atoms with Gasteiger partial charge in [0.15, 0.2) is 0 Å². The van der Waals surface area contributed by atoms with E-state index in [0.29, 0.717) is 50.6 Å². The Balaban J connectivity index is 1.42. The van der Waals surface area contributed by atoms with E-state index in [1.807, 2.05) is 4.90 Å². The molecule has 2 aromatic rings. The van der Waals surface area contributed by atoms with Crippen LogP contribution in [0.1, 0.15) is 27.6 Å². The first kappa shape index (κ1) is 24.0. The highest BCUT2D eigenvalue weighted by molar-refractivity contribution is 6.30. The molecule has 2 aromatic carbocycles. The van der Waals surface area contributed by atoms with Gasteiger partial charge in [-0.2, -0.15) is 0 Å². The van der Waals surface area contributed by atoms with Gasteiger partial charge in [0.1, 0.15) is 24.3 Å². The van der Waals surface area contributed by atoms with Gasteiger partial charge >= 0.3 is 5.97 Å². The summed E-state index contributed by atoms with van der Waals surface area (Å²) in [7, 11) is 0. The molecule has 1 amide bonds. The quantitative estimate of drug-likeness (QED) is 0.605. The van der Waals surface area contributed by atoms with Gasteiger partial charge < -0.3 is 19.5 Å². The summed E-state index contributed by atoms with van der Waals surface area (Å²) in [5.41, 5.74) is 0.441. The molecule has 1 saturated heterocycles. The molecule has 1 N–H and O–H groups in total. The third kappa shape index (κ3) is 6.41. The molecule has 1 aliphatic rings.